The standard InChI is InChI=1S/C10H17O.3C4H9.Sn/c1-4-7-8-9(5-2)10(11)6-3;3*1-3-4-2;/h9H,2,4,6-8H2,1,3H3;3*1,3-4H2,2H3;. The zero-order valence-electron chi connectivity index (χ0n) is 17.4. The molecule has 0 saturated heterocycles. The van der Waals surface area contributed by atoms with Crippen LogP contribution in [0.3, 0.4) is 0 Å². The number of hydrogen-bond acceptors (Lipinski definition) is 1. The van der Waals surface area contributed by atoms with Gasteiger partial charge in [-0.1, -0.05) is 0 Å². The van der Waals surface area contributed by atoms with Gasteiger partial charge in [-0.25, -0.2) is 0 Å². The molecule has 1 unspecified atom stereocenters. The van der Waals surface area contributed by atoms with Crippen LogP contribution in [0, 0.1) is 5.92 Å². The van der Waals surface area contributed by atoms with Gasteiger partial charge in [-0.05, 0) is 0 Å². The molecule has 0 aliphatic heterocycles. The van der Waals surface area contributed by atoms with Gasteiger partial charge < -0.3 is 0 Å². The molecule has 0 saturated carbocycles. The molecule has 0 radical (unpaired) electrons. The summed E-state index contributed by atoms with van der Waals surface area (Å²) in [6.07, 6.45) is 12.0. The van der Waals surface area contributed by atoms with Gasteiger partial charge in [0.05, 0.1) is 0 Å². The van der Waals surface area contributed by atoms with E-state index < -0.39 is 18.4 Å². The van der Waals surface area contributed by atoms with Crippen molar-refractivity contribution in [2.24, 2.45) is 5.92 Å². The Bertz CT molecular complexity index is 326. The maximum absolute atomic E-state index is 12.7. The first-order chi connectivity index (χ1) is 11.5. The van der Waals surface area contributed by atoms with Crippen molar-refractivity contribution in [2.45, 2.75) is 112 Å². The van der Waals surface area contributed by atoms with E-state index >= 15 is 0 Å². The van der Waals surface area contributed by atoms with Gasteiger partial charge in [0.1, 0.15) is 0 Å². The molecule has 0 aromatic rings. The first-order valence-corrected chi connectivity index (χ1v) is 18.2. The third kappa shape index (κ3) is 8.06. The summed E-state index contributed by atoms with van der Waals surface area (Å²) in [7, 11) is 0. The summed E-state index contributed by atoms with van der Waals surface area (Å²) in [5.74, 6) is 0.662. The first kappa shape index (κ1) is 24.2. The van der Waals surface area contributed by atoms with E-state index in [2.05, 4.69) is 34.3 Å². The van der Waals surface area contributed by atoms with E-state index in [-0.39, 0.29) is 5.92 Å². The molecule has 0 aromatic carbocycles. The van der Waals surface area contributed by atoms with Crippen LogP contribution in [0.25, 0.3) is 0 Å². The van der Waals surface area contributed by atoms with E-state index in [0.29, 0.717) is 12.2 Å². The summed E-state index contributed by atoms with van der Waals surface area (Å²) in [5.41, 5.74) is 0. The predicted molar refractivity (Wildman–Crippen MR) is 112 cm³/mol. The van der Waals surface area contributed by atoms with Crippen LogP contribution in [0.15, 0.2) is 10.2 Å². The molecule has 0 heterocycles. The van der Waals surface area contributed by atoms with Crippen LogP contribution in [-0.2, 0) is 4.79 Å². The molecule has 0 bridgehead atoms. The predicted octanol–water partition coefficient (Wildman–Crippen LogP) is 7.72. The second-order valence-electron chi connectivity index (χ2n) is 7.63. The van der Waals surface area contributed by atoms with Crippen molar-refractivity contribution in [1.82, 2.24) is 0 Å². The number of carbonyl (C=O) groups excluding carboxylic acids is 1. The van der Waals surface area contributed by atoms with E-state index in [9.17, 15) is 4.79 Å². The van der Waals surface area contributed by atoms with Gasteiger partial charge >= 0.3 is 157 Å². The first-order valence-electron chi connectivity index (χ1n) is 10.7. The number of ketones is 1. The number of hydrogen-bond donors (Lipinski definition) is 0. The molecule has 1 nitrogen and oxygen atoms in total. The van der Waals surface area contributed by atoms with Crippen molar-refractivity contribution in [1.29, 1.82) is 0 Å². The fraction of sp³-hybridized carbons (Fsp3) is 0.864. The van der Waals surface area contributed by atoms with Crippen LogP contribution in [-0.4, -0.2) is 24.2 Å². The Labute approximate surface area is 156 Å². The van der Waals surface area contributed by atoms with Crippen LogP contribution in [0.2, 0.25) is 13.3 Å². The van der Waals surface area contributed by atoms with Crippen molar-refractivity contribution in [3.63, 3.8) is 0 Å². The normalized spacial score (nSPS) is 13.0. The molecule has 142 valence electrons. The van der Waals surface area contributed by atoms with Crippen LogP contribution in [0.1, 0.15) is 98.8 Å². The van der Waals surface area contributed by atoms with Crippen molar-refractivity contribution >= 4 is 24.2 Å². The van der Waals surface area contributed by atoms with Gasteiger partial charge in [-0.2, -0.15) is 0 Å². The third-order valence-electron chi connectivity index (χ3n) is 5.71. The van der Waals surface area contributed by atoms with Gasteiger partial charge in [0.25, 0.3) is 0 Å². The number of carbonyl (C=O) groups is 1. The molecule has 0 amide bonds. The molecule has 0 N–H and O–H groups in total. The maximum atomic E-state index is 12.7. The van der Waals surface area contributed by atoms with Crippen molar-refractivity contribution < 1.29 is 4.79 Å². The molecule has 2 heteroatoms. The minimum atomic E-state index is -2.47. The van der Waals surface area contributed by atoms with E-state index in [0.717, 1.165) is 6.42 Å². The Kier molecular flexibility index (Phi) is 14.5. The van der Waals surface area contributed by atoms with Crippen molar-refractivity contribution in [3.8, 4) is 0 Å². The van der Waals surface area contributed by atoms with E-state index in [1.165, 1.54) is 68.3 Å². The molecule has 0 fully saturated rings. The quantitative estimate of drug-likeness (QED) is 0.223. The van der Waals surface area contributed by atoms with Gasteiger partial charge in [0.15, 0.2) is 0 Å². The van der Waals surface area contributed by atoms with Crippen molar-refractivity contribution in [3.05, 3.63) is 10.2 Å². The third-order valence-corrected chi connectivity index (χ3v) is 21.8. The van der Waals surface area contributed by atoms with E-state index in [1.807, 2.05) is 6.92 Å². The Morgan fingerprint density at radius 3 is 1.54 bits per heavy atom. The van der Waals surface area contributed by atoms with Crippen LogP contribution >= 0.6 is 0 Å². The molecule has 0 rings (SSSR count). The van der Waals surface area contributed by atoms with Gasteiger partial charge in [0.2, 0.25) is 0 Å². The Morgan fingerprint density at radius 2 is 1.21 bits per heavy atom. The fourth-order valence-electron chi connectivity index (χ4n) is 3.96. The molecule has 24 heavy (non-hydrogen) atoms. The van der Waals surface area contributed by atoms with Crippen LogP contribution in [0.4, 0.5) is 0 Å². The summed E-state index contributed by atoms with van der Waals surface area (Å²) >= 11 is -2.47. The Morgan fingerprint density at radius 1 is 0.792 bits per heavy atom. The van der Waals surface area contributed by atoms with Gasteiger partial charge in [0, 0.05) is 0 Å². The molecular weight excluding hydrogens is 399 g/mol. The second-order valence-corrected chi connectivity index (χ2v) is 21.1. The second kappa shape index (κ2) is 14.4. The SMILES string of the molecule is C=[C](C(CCCC)C(=O)CC)[Sn]([CH2]CCC)([CH2]CCC)[CH2]CCC. The number of allylic oxidation sites excluding steroid dienone is 1. The van der Waals surface area contributed by atoms with E-state index in [4.69, 9.17) is 0 Å². The van der Waals surface area contributed by atoms with Crippen molar-refractivity contribution in [2.75, 3.05) is 0 Å². The van der Waals surface area contributed by atoms with Gasteiger partial charge in [-0.15, -0.1) is 0 Å². The minimum absolute atomic E-state index is 0.191. The number of unbranched alkanes of at least 4 members (excludes halogenated alkanes) is 4. The van der Waals surface area contributed by atoms with Gasteiger partial charge in [-0.3, -0.25) is 0 Å². The molecule has 0 aromatic heterocycles. The number of Topliss-reactive ketones (excluding diaryl/α,β-unsaturated/α-hetero) is 1. The zero-order chi connectivity index (χ0) is 18.4. The van der Waals surface area contributed by atoms with E-state index in [1.54, 1.807) is 0 Å². The summed E-state index contributed by atoms with van der Waals surface area (Å²) < 4.78 is 5.80. The summed E-state index contributed by atoms with van der Waals surface area (Å²) in [4.78, 5) is 12.7. The topological polar surface area (TPSA) is 17.1 Å². The summed E-state index contributed by atoms with van der Waals surface area (Å²) in [6, 6.07) is 0. The Hall–Kier alpha value is 0.209. The monoisotopic (exact) mass is 444 g/mol. The molecule has 0 aliphatic carbocycles. The molecule has 0 aliphatic rings. The summed E-state index contributed by atoms with van der Waals surface area (Å²) in [6.45, 7) is 15.9. The zero-order valence-corrected chi connectivity index (χ0v) is 20.2. The Balaban J connectivity index is 5.54. The van der Waals surface area contributed by atoms with Crippen LogP contribution < -0.4 is 0 Å². The fourth-order valence-corrected chi connectivity index (χ4v) is 20.6. The summed E-state index contributed by atoms with van der Waals surface area (Å²) in [5, 5.41) is 0. The molecular formula is C22H44OSn. The molecule has 0 spiro atoms. The average Bonchev–Trinajstić information content (AvgIpc) is 2.61. The van der Waals surface area contributed by atoms with Crippen LogP contribution in [0.5, 0.6) is 0 Å². The molecule has 1 atom stereocenters. The average molecular weight is 443 g/mol. The number of rotatable bonds is 16.